The molecule has 0 radical (unpaired) electrons. The van der Waals surface area contributed by atoms with Crippen molar-refractivity contribution in [2.45, 2.75) is 13.0 Å². The number of aromatic nitrogens is 2. The summed E-state index contributed by atoms with van der Waals surface area (Å²) in [6, 6.07) is 0. The van der Waals surface area contributed by atoms with Crippen molar-refractivity contribution in [1.82, 2.24) is 15.3 Å². The Kier molecular flexibility index (Phi) is 4.65. The summed E-state index contributed by atoms with van der Waals surface area (Å²) in [5, 5.41) is 5.53. The van der Waals surface area contributed by atoms with Gasteiger partial charge in [-0.3, -0.25) is 9.78 Å². The van der Waals surface area contributed by atoms with Gasteiger partial charge in [-0.1, -0.05) is 0 Å². The maximum Gasteiger partial charge on any atom is 0.271 e. The van der Waals surface area contributed by atoms with Crippen LogP contribution in [0.2, 0.25) is 0 Å². The molecule has 1 atom stereocenters. The quantitative estimate of drug-likeness (QED) is 0.751. The van der Waals surface area contributed by atoms with Crippen LogP contribution < -0.4 is 10.6 Å². The molecular weight excluding hydrogens is 208 g/mol. The predicted molar refractivity (Wildman–Crippen MR) is 60.4 cm³/mol. The Hall–Kier alpha value is -1.69. The molecule has 0 saturated heterocycles. The van der Waals surface area contributed by atoms with Crippen molar-refractivity contribution >= 4 is 11.7 Å². The van der Waals surface area contributed by atoms with Gasteiger partial charge < -0.3 is 15.4 Å². The van der Waals surface area contributed by atoms with Crippen LogP contribution >= 0.6 is 0 Å². The second kappa shape index (κ2) is 6.02. The summed E-state index contributed by atoms with van der Waals surface area (Å²) in [6.45, 7) is 2.32. The number of anilines is 1. The van der Waals surface area contributed by atoms with E-state index < -0.39 is 0 Å². The van der Waals surface area contributed by atoms with Crippen LogP contribution in [0.15, 0.2) is 12.4 Å². The van der Waals surface area contributed by atoms with Crippen LogP contribution in [0.25, 0.3) is 0 Å². The van der Waals surface area contributed by atoms with E-state index >= 15 is 0 Å². The van der Waals surface area contributed by atoms with Crippen LogP contribution in [0.1, 0.15) is 17.4 Å². The predicted octanol–water partition coefficient (Wildman–Crippen LogP) is 0.283. The van der Waals surface area contributed by atoms with Crippen LogP contribution in [0, 0.1) is 0 Å². The van der Waals surface area contributed by atoms with Gasteiger partial charge in [0.15, 0.2) is 0 Å². The van der Waals surface area contributed by atoms with Gasteiger partial charge in [0, 0.05) is 20.7 Å². The van der Waals surface area contributed by atoms with Crippen LogP contribution in [0.5, 0.6) is 0 Å². The molecule has 0 saturated carbocycles. The fraction of sp³-hybridized carbons (Fsp3) is 0.500. The Morgan fingerprint density at radius 3 is 2.94 bits per heavy atom. The zero-order valence-electron chi connectivity index (χ0n) is 9.65. The smallest absolute Gasteiger partial charge is 0.271 e. The van der Waals surface area contributed by atoms with Crippen LogP contribution in [-0.2, 0) is 4.74 Å². The van der Waals surface area contributed by atoms with E-state index in [4.69, 9.17) is 4.74 Å². The number of nitrogens with one attached hydrogen (secondary N) is 2. The topological polar surface area (TPSA) is 76.1 Å². The summed E-state index contributed by atoms with van der Waals surface area (Å²) in [6.07, 6.45) is 2.95. The van der Waals surface area contributed by atoms with Crippen LogP contribution in [0.4, 0.5) is 5.82 Å². The Morgan fingerprint density at radius 1 is 1.56 bits per heavy atom. The molecule has 6 heteroatoms. The Balaban J connectivity index is 2.58. The summed E-state index contributed by atoms with van der Waals surface area (Å²) in [5.74, 6) is 0.306. The van der Waals surface area contributed by atoms with Crippen molar-refractivity contribution in [3.63, 3.8) is 0 Å². The fourth-order valence-electron chi connectivity index (χ4n) is 1.01. The molecule has 1 unspecified atom stereocenters. The molecule has 16 heavy (non-hydrogen) atoms. The van der Waals surface area contributed by atoms with Crippen molar-refractivity contribution < 1.29 is 9.53 Å². The second-order valence-corrected chi connectivity index (χ2v) is 3.30. The van der Waals surface area contributed by atoms with Gasteiger partial charge in [0.25, 0.3) is 5.91 Å². The van der Waals surface area contributed by atoms with Gasteiger partial charge in [-0.15, -0.1) is 0 Å². The van der Waals surface area contributed by atoms with Crippen molar-refractivity contribution in [3.05, 3.63) is 18.1 Å². The minimum atomic E-state index is -0.256. The third kappa shape index (κ3) is 3.47. The Bertz CT molecular complexity index is 356. The Labute approximate surface area is 94.4 Å². The lowest BCUT2D eigenvalue weighted by molar-refractivity contribution is 0.0866. The highest BCUT2D eigenvalue weighted by Gasteiger charge is 2.09. The third-order valence-corrected chi connectivity index (χ3v) is 2.08. The molecule has 1 heterocycles. The zero-order valence-corrected chi connectivity index (χ0v) is 9.65. The van der Waals surface area contributed by atoms with Crippen molar-refractivity contribution in [1.29, 1.82) is 0 Å². The SMILES string of the molecule is CNc1cncc(C(=O)NCC(C)OC)n1. The van der Waals surface area contributed by atoms with Gasteiger partial charge >= 0.3 is 0 Å². The number of ether oxygens (including phenoxy) is 1. The standard InChI is InChI=1S/C10H16N4O2/c1-7(16-3)4-13-10(15)8-5-12-6-9(11-2)14-8/h5-7H,4H2,1-3H3,(H,11,14)(H,13,15). The van der Waals surface area contributed by atoms with E-state index in [2.05, 4.69) is 20.6 Å². The van der Waals surface area contributed by atoms with E-state index in [1.807, 2.05) is 6.92 Å². The van der Waals surface area contributed by atoms with Crippen molar-refractivity contribution in [2.75, 3.05) is 26.0 Å². The molecule has 0 spiro atoms. The number of hydrogen-bond acceptors (Lipinski definition) is 5. The second-order valence-electron chi connectivity index (χ2n) is 3.30. The monoisotopic (exact) mass is 224 g/mol. The van der Waals surface area contributed by atoms with Gasteiger partial charge in [0.2, 0.25) is 0 Å². The van der Waals surface area contributed by atoms with Gasteiger partial charge in [-0.25, -0.2) is 4.98 Å². The highest BCUT2D eigenvalue weighted by Crippen LogP contribution is 2.00. The van der Waals surface area contributed by atoms with E-state index in [0.717, 1.165) is 0 Å². The van der Waals surface area contributed by atoms with Gasteiger partial charge in [-0.2, -0.15) is 0 Å². The first-order valence-electron chi connectivity index (χ1n) is 4.98. The molecular formula is C10H16N4O2. The molecule has 1 amide bonds. The molecule has 0 aliphatic heterocycles. The lowest BCUT2D eigenvalue weighted by Gasteiger charge is -2.10. The fourth-order valence-corrected chi connectivity index (χ4v) is 1.01. The third-order valence-electron chi connectivity index (χ3n) is 2.08. The molecule has 88 valence electrons. The first kappa shape index (κ1) is 12.4. The maximum atomic E-state index is 11.6. The number of carbonyl (C=O) groups excluding carboxylic acids is 1. The molecule has 1 rings (SSSR count). The van der Waals surface area contributed by atoms with E-state index in [1.54, 1.807) is 20.4 Å². The molecule has 0 bridgehead atoms. The number of hydrogen-bond donors (Lipinski definition) is 2. The summed E-state index contributed by atoms with van der Waals surface area (Å²) < 4.78 is 5.02. The summed E-state index contributed by atoms with van der Waals surface area (Å²) >= 11 is 0. The lowest BCUT2D eigenvalue weighted by atomic mass is 10.3. The van der Waals surface area contributed by atoms with Crippen LogP contribution in [-0.4, -0.2) is 42.7 Å². The van der Waals surface area contributed by atoms with Crippen LogP contribution in [0.3, 0.4) is 0 Å². The molecule has 1 aromatic heterocycles. The van der Waals surface area contributed by atoms with Gasteiger partial charge in [0.1, 0.15) is 11.5 Å². The van der Waals surface area contributed by atoms with E-state index in [1.165, 1.54) is 6.20 Å². The van der Waals surface area contributed by atoms with E-state index in [0.29, 0.717) is 12.4 Å². The molecule has 0 aromatic carbocycles. The van der Waals surface area contributed by atoms with Gasteiger partial charge in [-0.05, 0) is 6.92 Å². The average molecular weight is 224 g/mol. The largest absolute Gasteiger partial charge is 0.380 e. The molecule has 0 aliphatic carbocycles. The highest BCUT2D eigenvalue weighted by atomic mass is 16.5. The average Bonchev–Trinajstić information content (AvgIpc) is 2.35. The summed E-state index contributed by atoms with van der Waals surface area (Å²) in [4.78, 5) is 19.6. The number of methoxy groups -OCH3 is 1. The minimum absolute atomic E-state index is 0.0237. The Morgan fingerprint density at radius 2 is 2.31 bits per heavy atom. The molecule has 6 nitrogen and oxygen atoms in total. The van der Waals surface area contributed by atoms with E-state index in [-0.39, 0.29) is 17.7 Å². The summed E-state index contributed by atoms with van der Waals surface area (Å²) in [7, 11) is 3.32. The van der Waals surface area contributed by atoms with Crippen molar-refractivity contribution in [2.24, 2.45) is 0 Å². The molecule has 0 aliphatic rings. The lowest BCUT2D eigenvalue weighted by Crippen LogP contribution is -2.32. The number of carbonyl (C=O) groups is 1. The summed E-state index contributed by atoms with van der Waals surface area (Å²) in [5.41, 5.74) is 0.287. The van der Waals surface area contributed by atoms with E-state index in [9.17, 15) is 4.79 Å². The highest BCUT2D eigenvalue weighted by molar-refractivity contribution is 5.92. The van der Waals surface area contributed by atoms with Crippen molar-refractivity contribution in [3.8, 4) is 0 Å². The zero-order chi connectivity index (χ0) is 12.0. The first-order valence-corrected chi connectivity index (χ1v) is 4.98. The molecule has 0 fully saturated rings. The normalized spacial score (nSPS) is 11.9. The number of rotatable bonds is 5. The first-order chi connectivity index (χ1) is 7.67. The molecule has 2 N–H and O–H groups in total. The number of amides is 1. The number of nitrogens with zero attached hydrogens (tertiary/aromatic N) is 2. The van der Waals surface area contributed by atoms with Gasteiger partial charge in [0.05, 0.1) is 18.5 Å². The molecule has 1 aromatic rings. The minimum Gasteiger partial charge on any atom is -0.380 e. The maximum absolute atomic E-state index is 11.6.